The number of carbonyl (C=O) groups excluding carboxylic acids is 1. The number of morpholine rings is 1. The van der Waals surface area contributed by atoms with E-state index in [9.17, 15) is 9.18 Å². The normalized spacial score (nSPS) is 19.6. The summed E-state index contributed by atoms with van der Waals surface area (Å²) < 4.78 is 24.8. The van der Waals surface area contributed by atoms with E-state index in [1.54, 1.807) is 12.1 Å². The van der Waals surface area contributed by atoms with Gasteiger partial charge in [0.05, 0.1) is 19.1 Å². The summed E-state index contributed by atoms with van der Waals surface area (Å²) in [6.45, 7) is 2.73. The van der Waals surface area contributed by atoms with Crippen molar-refractivity contribution in [3.05, 3.63) is 65.8 Å². The van der Waals surface area contributed by atoms with Gasteiger partial charge in [-0.2, -0.15) is 0 Å². The Morgan fingerprint density at radius 2 is 1.84 bits per heavy atom. The van der Waals surface area contributed by atoms with E-state index < -0.39 is 0 Å². The Balaban J connectivity index is 1.76. The fourth-order valence-electron chi connectivity index (χ4n) is 3.24. The zero-order chi connectivity index (χ0) is 17.2. The van der Waals surface area contributed by atoms with Crippen molar-refractivity contribution in [1.29, 1.82) is 0 Å². The zero-order valence-corrected chi connectivity index (χ0v) is 13.7. The van der Waals surface area contributed by atoms with Gasteiger partial charge in [0, 0.05) is 24.2 Å². The molecule has 0 radical (unpaired) electrons. The van der Waals surface area contributed by atoms with Gasteiger partial charge >= 0.3 is 0 Å². The molecular formula is C20H18FNO3. The first-order valence-electron chi connectivity index (χ1n) is 8.33. The molecule has 0 bridgehead atoms. The Morgan fingerprint density at radius 3 is 2.56 bits per heavy atom. The van der Waals surface area contributed by atoms with E-state index in [0.717, 1.165) is 36.1 Å². The maximum Gasteiger partial charge on any atom is 0.193 e. The number of benzene rings is 2. The van der Waals surface area contributed by atoms with E-state index in [1.165, 1.54) is 12.1 Å². The third kappa shape index (κ3) is 3.03. The van der Waals surface area contributed by atoms with Crippen molar-refractivity contribution in [2.75, 3.05) is 26.3 Å². The van der Waals surface area contributed by atoms with E-state index in [4.69, 9.17) is 9.47 Å². The van der Waals surface area contributed by atoms with Crippen LogP contribution < -0.4 is 4.74 Å². The standard InChI is InChI=1S/C20H18FNO3/c21-16-6-4-14(5-7-16)17-2-1-3-18-15(13-23)12-19(25-20(17)18)22-8-10-24-11-9-22/h1-7,12-13,15H,8-11H2. The number of fused-ring (bicyclic) bond motifs is 1. The molecular weight excluding hydrogens is 321 g/mol. The highest BCUT2D eigenvalue weighted by Crippen LogP contribution is 2.41. The van der Waals surface area contributed by atoms with Crippen molar-refractivity contribution in [2.24, 2.45) is 0 Å². The van der Waals surface area contributed by atoms with E-state index in [1.807, 2.05) is 24.3 Å². The van der Waals surface area contributed by atoms with Crippen molar-refractivity contribution in [3.8, 4) is 16.9 Å². The third-order valence-electron chi connectivity index (χ3n) is 4.56. The number of nitrogens with zero attached hydrogens (tertiary/aromatic N) is 1. The van der Waals surface area contributed by atoms with Crippen LogP contribution >= 0.6 is 0 Å². The number of aldehydes is 1. The van der Waals surface area contributed by atoms with Gasteiger partial charge in [0.15, 0.2) is 5.88 Å². The summed E-state index contributed by atoms with van der Waals surface area (Å²) in [6, 6.07) is 12.0. The molecule has 1 atom stereocenters. The molecule has 4 rings (SSSR count). The van der Waals surface area contributed by atoms with Gasteiger partial charge in [-0.3, -0.25) is 0 Å². The number of rotatable bonds is 3. The minimum absolute atomic E-state index is 0.283. The summed E-state index contributed by atoms with van der Waals surface area (Å²) in [4.78, 5) is 13.7. The molecule has 0 N–H and O–H groups in total. The molecule has 2 aromatic rings. The number of para-hydroxylation sites is 1. The Hall–Kier alpha value is -2.66. The lowest BCUT2D eigenvalue weighted by Crippen LogP contribution is -2.38. The topological polar surface area (TPSA) is 38.8 Å². The highest BCUT2D eigenvalue weighted by molar-refractivity contribution is 5.78. The smallest absolute Gasteiger partial charge is 0.193 e. The SMILES string of the molecule is O=CC1C=C(N2CCOCC2)Oc2c(-c3ccc(F)cc3)cccc21. The minimum Gasteiger partial charge on any atom is -0.441 e. The maximum absolute atomic E-state index is 13.3. The molecule has 2 aromatic carbocycles. The molecule has 1 unspecified atom stereocenters. The van der Waals surface area contributed by atoms with Crippen molar-refractivity contribution < 1.29 is 18.7 Å². The predicted molar refractivity (Wildman–Crippen MR) is 91.7 cm³/mol. The second kappa shape index (κ2) is 6.69. The van der Waals surface area contributed by atoms with Gasteiger partial charge < -0.3 is 19.2 Å². The molecule has 0 saturated carbocycles. The van der Waals surface area contributed by atoms with Crippen LogP contribution in [0.5, 0.6) is 5.75 Å². The first-order chi connectivity index (χ1) is 12.3. The number of allylic oxidation sites excluding steroid dienone is 1. The lowest BCUT2D eigenvalue weighted by molar-refractivity contribution is -0.108. The molecule has 0 amide bonds. The van der Waals surface area contributed by atoms with Crippen molar-refractivity contribution >= 4 is 6.29 Å². The number of carbonyl (C=O) groups is 1. The monoisotopic (exact) mass is 339 g/mol. The molecule has 0 aromatic heterocycles. The van der Waals surface area contributed by atoms with Crippen LogP contribution in [0.2, 0.25) is 0 Å². The molecule has 2 heterocycles. The van der Waals surface area contributed by atoms with E-state index in [0.29, 0.717) is 24.8 Å². The van der Waals surface area contributed by atoms with E-state index in [-0.39, 0.29) is 11.7 Å². The molecule has 0 aliphatic carbocycles. The second-order valence-electron chi connectivity index (χ2n) is 6.10. The van der Waals surface area contributed by atoms with Gasteiger partial charge in [-0.1, -0.05) is 30.3 Å². The second-order valence-corrected chi connectivity index (χ2v) is 6.10. The van der Waals surface area contributed by atoms with Crippen LogP contribution in [0.1, 0.15) is 11.5 Å². The largest absolute Gasteiger partial charge is 0.441 e. The molecule has 2 aliphatic heterocycles. The fourth-order valence-corrected chi connectivity index (χ4v) is 3.24. The summed E-state index contributed by atoms with van der Waals surface area (Å²) in [6.07, 6.45) is 2.78. The van der Waals surface area contributed by atoms with Crippen molar-refractivity contribution in [2.45, 2.75) is 5.92 Å². The first kappa shape index (κ1) is 15.8. The first-order valence-corrected chi connectivity index (χ1v) is 8.33. The summed E-state index contributed by atoms with van der Waals surface area (Å²) in [5.74, 6) is 0.703. The molecule has 1 saturated heterocycles. The molecule has 4 nitrogen and oxygen atoms in total. The van der Waals surface area contributed by atoms with Crippen molar-refractivity contribution in [1.82, 2.24) is 4.90 Å². The Labute approximate surface area is 145 Å². The third-order valence-corrected chi connectivity index (χ3v) is 4.56. The van der Waals surface area contributed by atoms with Gasteiger partial charge in [-0.25, -0.2) is 4.39 Å². The molecule has 25 heavy (non-hydrogen) atoms. The molecule has 128 valence electrons. The zero-order valence-electron chi connectivity index (χ0n) is 13.7. The van der Waals surface area contributed by atoms with Crippen LogP contribution in [0, 0.1) is 5.82 Å². The Bertz CT molecular complexity index is 810. The average molecular weight is 339 g/mol. The van der Waals surface area contributed by atoms with E-state index in [2.05, 4.69) is 4.90 Å². The summed E-state index contributed by atoms with van der Waals surface area (Å²) in [5.41, 5.74) is 2.53. The highest BCUT2D eigenvalue weighted by Gasteiger charge is 2.27. The fraction of sp³-hybridized carbons (Fsp3) is 0.250. The number of halogens is 1. The predicted octanol–water partition coefficient (Wildman–Crippen LogP) is 3.34. The van der Waals surface area contributed by atoms with Crippen LogP contribution in [0.25, 0.3) is 11.1 Å². The van der Waals surface area contributed by atoms with Crippen LogP contribution in [0.15, 0.2) is 54.4 Å². The lowest BCUT2D eigenvalue weighted by atomic mass is 9.92. The van der Waals surface area contributed by atoms with Gasteiger partial charge in [0.25, 0.3) is 0 Å². The summed E-state index contributed by atoms with van der Waals surface area (Å²) in [7, 11) is 0. The van der Waals surface area contributed by atoms with Crippen LogP contribution in [0.4, 0.5) is 4.39 Å². The number of ether oxygens (including phenoxy) is 2. The summed E-state index contributed by atoms with van der Waals surface area (Å²) in [5, 5.41) is 0. The van der Waals surface area contributed by atoms with Crippen LogP contribution in [0.3, 0.4) is 0 Å². The minimum atomic E-state index is -0.359. The lowest BCUT2D eigenvalue weighted by Gasteiger charge is -2.34. The van der Waals surface area contributed by atoms with Gasteiger partial charge in [-0.05, 0) is 23.8 Å². The molecule has 2 aliphatic rings. The van der Waals surface area contributed by atoms with Gasteiger partial charge in [0.2, 0.25) is 0 Å². The Kier molecular flexibility index (Phi) is 4.24. The van der Waals surface area contributed by atoms with Crippen molar-refractivity contribution in [3.63, 3.8) is 0 Å². The van der Waals surface area contributed by atoms with Crippen LogP contribution in [-0.4, -0.2) is 37.5 Å². The maximum atomic E-state index is 13.3. The van der Waals surface area contributed by atoms with E-state index >= 15 is 0 Å². The van der Waals surface area contributed by atoms with Gasteiger partial charge in [-0.15, -0.1) is 0 Å². The molecule has 1 fully saturated rings. The number of hydrogen-bond donors (Lipinski definition) is 0. The summed E-state index contributed by atoms with van der Waals surface area (Å²) >= 11 is 0. The quantitative estimate of drug-likeness (QED) is 0.804. The van der Waals surface area contributed by atoms with Gasteiger partial charge in [0.1, 0.15) is 17.9 Å². The highest BCUT2D eigenvalue weighted by atomic mass is 19.1. The van der Waals surface area contributed by atoms with Crippen LogP contribution in [-0.2, 0) is 9.53 Å². The number of hydrogen-bond acceptors (Lipinski definition) is 4. The Morgan fingerprint density at radius 1 is 1.08 bits per heavy atom. The average Bonchev–Trinajstić information content (AvgIpc) is 2.68. The molecule has 5 heteroatoms. The molecule has 0 spiro atoms.